The largest absolute Gasteiger partial charge is 0.311 e. The highest BCUT2D eigenvalue weighted by Crippen LogP contribution is 2.37. The van der Waals surface area contributed by atoms with Gasteiger partial charge in [0.15, 0.2) is 5.82 Å². The number of aromatic nitrogens is 2. The van der Waals surface area contributed by atoms with E-state index in [-0.39, 0.29) is 23.7 Å². The van der Waals surface area contributed by atoms with Crippen molar-refractivity contribution < 1.29 is 9.59 Å². The van der Waals surface area contributed by atoms with Gasteiger partial charge in [0.2, 0.25) is 11.8 Å². The number of carbonyl (C=O) groups excluding carboxylic acids is 2. The molecular formula is C14H20N4O2. The van der Waals surface area contributed by atoms with Gasteiger partial charge in [-0.25, -0.2) is 0 Å². The Hall–Kier alpha value is -1.85. The van der Waals surface area contributed by atoms with Crippen LogP contribution >= 0.6 is 0 Å². The third kappa shape index (κ3) is 2.19. The second-order valence-electron chi connectivity index (χ2n) is 5.86. The zero-order chi connectivity index (χ0) is 14.3. The summed E-state index contributed by atoms with van der Waals surface area (Å²) >= 11 is 0. The minimum atomic E-state index is 0.00155. The van der Waals surface area contributed by atoms with Crippen LogP contribution in [0, 0.1) is 5.92 Å². The Bertz CT molecular complexity index is 558. The number of hydrogen-bond acceptors (Lipinski definition) is 3. The van der Waals surface area contributed by atoms with Crippen LogP contribution in [0.15, 0.2) is 0 Å². The van der Waals surface area contributed by atoms with Gasteiger partial charge in [0.05, 0.1) is 0 Å². The first kappa shape index (κ1) is 13.1. The molecule has 2 N–H and O–H groups in total. The number of nitrogens with zero attached hydrogens (tertiary/aromatic N) is 2. The molecule has 1 fully saturated rings. The van der Waals surface area contributed by atoms with Crippen LogP contribution in [0.1, 0.15) is 50.5 Å². The molecule has 0 unspecified atom stereocenters. The van der Waals surface area contributed by atoms with Crippen LogP contribution in [0.3, 0.4) is 0 Å². The second-order valence-corrected chi connectivity index (χ2v) is 5.86. The Balaban J connectivity index is 1.85. The molecule has 1 aromatic rings. The molecule has 0 aromatic carbocycles. The van der Waals surface area contributed by atoms with Crippen molar-refractivity contribution in [3.8, 4) is 0 Å². The fourth-order valence-electron chi connectivity index (χ4n) is 3.22. The van der Waals surface area contributed by atoms with Crippen LogP contribution in [-0.2, 0) is 16.6 Å². The van der Waals surface area contributed by atoms with Gasteiger partial charge in [-0.15, -0.1) is 0 Å². The van der Waals surface area contributed by atoms with Gasteiger partial charge < -0.3 is 10.6 Å². The molecular weight excluding hydrogens is 256 g/mol. The highest BCUT2D eigenvalue weighted by Gasteiger charge is 2.31. The number of hydrogen-bond donors (Lipinski definition) is 2. The van der Waals surface area contributed by atoms with E-state index in [9.17, 15) is 9.59 Å². The van der Waals surface area contributed by atoms with Crippen molar-refractivity contribution in [1.82, 2.24) is 9.78 Å². The van der Waals surface area contributed by atoms with Crippen LogP contribution in [0.2, 0.25) is 0 Å². The summed E-state index contributed by atoms with van der Waals surface area (Å²) in [4.78, 5) is 23.8. The molecule has 3 rings (SSSR count). The summed E-state index contributed by atoms with van der Waals surface area (Å²) in [6, 6.07) is 0. The first-order chi connectivity index (χ1) is 9.56. The van der Waals surface area contributed by atoms with Crippen molar-refractivity contribution in [3.63, 3.8) is 0 Å². The second kappa shape index (κ2) is 4.92. The first-order valence-corrected chi connectivity index (χ1v) is 7.24. The fourth-order valence-corrected chi connectivity index (χ4v) is 3.22. The van der Waals surface area contributed by atoms with Gasteiger partial charge in [0.1, 0.15) is 5.82 Å². The van der Waals surface area contributed by atoms with Gasteiger partial charge in [0.25, 0.3) is 0 Å². The number of nitrogens with one attached hydrogen (secondary N) is 2. The summed E-state index contributed by atoms with van der Waals surface area (Å²) in [7, 11) is 1.78. The predicted octanol–water partition coefficient (Wildman–Crippen LogP) is 1.99. The Morgan fingerprint density at radius 2 is 2.10 bits per heavy atom. The van der Waals surface area contributed by atoms with Crippen LogP contribution in [-0.4, -0.2) is 21.6 Å². The molecule has 2 heterocycles. The average Bonchev–Trinajstić information content (AvgIpc) is 2.99. The molecule has 2 aliphatic rings. The lowest BCUT2D eigenvalue weighted by molar-refractivity contribution is -0.119. The molecule has 20 heavy (non-hydrogen) atoms. The minimum absolute atomic E-state index is 0.00155. The molecule has 1 aromatic heterocycles. The number of rotatable bonds is 2. The third-order valence-corrected chi connectivity index (χ3v) is 4.29. The van der Waals surface area contributed by atoms with E-state index in [1.54, 1.807) is 11.7 Å². The lowest BCUT2D eigenvalue weighted by Crippen LogP contribution is -2.24. The molecule has 0 bridgehead atoms. The lowest BCUT2D eigenvalue weighted by atomic mass is 9.95. The molecule has 0 radical (unpaired) electrons. The summed E-state index contributed by atoms with van der Waals surface area (Å²) in [5.41, 5.74) is 0.943. The average molecular weight is 276 g/mol. The van der Waals surface area contributed by atoms with Gasteiger partial charge in [-0.05, 0) is 18.8 Å². The van der Waals surface area contributed by atoms with E-state index in [2.05, 4.69) is 15.7 Å². The van der Waals surface area contributed by atoms with Gasteiger partial charge >= 0.3 is 0 Å². The molecule has 1 saturated carbocycles. The van der Waals surface area contributed by atoms with E-state index in [1.807, 2.05) is 6.92 Å². The standard InChI is InChI=1S/C14H20N4O2/c1-8-7-10(19)15-13-11(8)12(17-18(13)2)16-14(20)9-5-3-4-6-9/h8-9H,3-7H2,1-2H3,(H,15,19)(H,16,17,20)/t8-/m1/s1. The van der Waals surface area contributed by atoms with Crippen molar-refractivity contribution in [2.24, 2.45) is 13.0 Å². The summed E-state index contributed by atoms with van der Waals surface area (Å²) in [5.74, 6) is 1.56. The molecule has 1 aliphatic heterocycles. The number of aryl methyl sites for hydroxylation is 1. The van der Waals surface area contributed by atoms with Gasteiger partial charge in [0, 0.05) is 24.9 Å². The van der Waals surface area contributed by atoms with Crippen molar-refractivity contribution in [3.05, 3.63) is 5.56 Å². The maximum Gasteiger partial charge on any atom is 0.228 e. The molecule has 6 nitrogen and oxygen atoms in total. The first-order valence-electron chi connectivity index (χ1n) is 7.24. The van der Waals surface area contributed by atoms with Gasteiger partial charge in [-0.1, -0.05) is 19.8 Å². The summed E-state index contributed by atoms with van der Waals surface area (Å²) < 4.78 is 1.63. The summed E-state index contributed by atoms with van der Waals surface area (Å²) in [6.07, 6.45) is 4.63. The van der Waals surface area contributed by atoms with Crippen molar-refractivity contribution in [2.75, 3.05) is 10.6 Å². The Morgan fingerprint density at radius 1 is 1.40 bits per heavy atom. The van der Waals surface area contributed by atoms with E-state index in [0.29, 0.717) is 18.1 Å². The highest BCUT2D eigenvalue weighted by molar-refractivity contribution is 5.98. The van der Waals surface area contributed by atoms with Gasteiger partial charge in [-0.2, -0.15) is 5.10 Å². The number of carbonyl (C=O) groups is 2. The molecule has 0 saturated heterocycles. The summed E-state index contributed by atoms with van der Waals surface area (Å²) in [5, 5.41) is 10.1. The minimum Gasteiger partial charge on any atom is -0.311 e. The number of amides is 2. The zero-order valence-electron chi connectivity index (χ0n) is 11.9. The zero-order valence-corrected chi connectivity index (χ0v) is 11.9. The fraction of sp³-hybridized carbons (Fsp3) is 0.643. The SMILES string of the molecule is C[C@@H]1CC(=O)Nc2c1c(NC(=O)C1CCCC1)nn2C. The van der Waals surface area contributed by atoms with Crippen molar-refractivity contribution >= 4 is 23.5 Å². The molecule has 6 heteroatoms. The topological polar surface area (TPSA) is 76.0 Å². The smallest absolute Gasteiger partial charge is 0.228 e. The molecule has 2 amide bonds. The van der Waals surface area contributed by atoms with Gasteiger partial charge in [-0.3, -0.25) is 14.3 Å². The Labute approximate surface area is 117 Å². The van der Waals surface area contributed by atoms with Crippen LogP contribution < -0.4 is 10.6 Å². The Kier molecular flexibility index (Phi) is 3.23. The summed E-state index contributed by atoms with van der Waals surface area (Å²) in [6.45, 7) is 1.99. The van der Waals surface area contributed by atoms with Crippen LogP contribution in [0.4, 0.5) is 11.6 Å². The predicted molar refractivity (Wildman–Crippen MR) is 75.5 cm³/mol. The monoisotopic (exact) mass is 276 g/mol. The third-order valence-electron chi connectivity index (χ3n) is 4.29. The maximum atomic E-state index is 12.2. The van der Waals surface area contributed by atoms with Crippen LogP contribution in [0.5, 0.6) is 0 Å². The van der Waals surface area contributed by atoms with E-state index in [0.717, 1.165) is 31.2 Å². The van der Waals surface area contributed by atoms with E-state index < -0.39 is 0 Å². The number of anilines is 2. The van der Waals surface area contributed by atoms with E-state index in [1.165, 1.54) is 0 Å². The lowest BCUT2D eigenvalue weighted by Gasteiger charge is -2.20. The quantitative estimate of drug-likeness (QED) is 0.867. The van der Waals surface area contributed by atoms with E-state index in [4.69, 9.17) is 0 Å². The maximum absolute atomic E-state index is 12.2. The van der Waals surface area contributed by atoms with Crippen LogP contribution in [0.25, 0.3) is 0 Å². The molecule has 0 spiro atoms. The molecule has 1 atom stereocenters. The number of fused-ring (bicyclic) bond motifs is 1. The highest BCUT2D eigenvalue weighted by atomic mass is 16.2. The van der Waals surface area contributed by atoms with Crippen molar-refractivity contribution in [2.45, 2.75) is 44.9 Å². The van der Waals surface area contributed by atoms with Crippen molar-refractivity contribution in [1.29, 1.82) is 0 Å². The normalized spacial score (nSPS) is 22.5. The Morgan fingerprint density at radius 3 is 2.80 bits per heavy atom. The van der Waals surface area contributed by atoms with E-state index >= 15 is 0 Å². The molecule has 1 aliphatic carbocycles. The molecule has 108 valence electrons.